The standard InChI is InChI=1S/C12H19N3O5S/c1-2-20-12(17)8-7-13-14-11(8)21(18,19)15-9-5-3-4-6-10(9)16/h7,9-10,15-16H,2-6H2,1H3,(H,13,14)/t9-,10-/m1/s1. The summed E-state index contributed by atoms with van der Waals surface area (Å²) in [6.07, 6.45) is 3.23. The zero-order chi connectivity index (χ0) is 15.5. The van der Waals surface area contributed by atoms with Gasteiger partial charge >= 0.3 is 5.97 Å². The van der Waals surface area contributed by atoms with E-state index in [-0.39, 0.29) is 17.2 Å². The Kier molecular flexibility index (Phi) is 4.96. The summed E-state index contributed by atoms with van der Waals surface area (Å²) in [6.45, 7) is 1.76. The van der Waals surface area contributed by atoms with Gasteiger partial charge in [0.25, 0.3) is 10.0 Å². The lowest BCUT2D eigenvalue weighted by Crippen LogP contribution is -2.45. The SMILES string of the molecule is CCOC(=O)c1cn[nH]c1S(=O)(=O)N[C@@H]1CCCC[C@H]1O. The number of aromatic nitrogens is 2. The normalized spacial score (nSPS) is 23.0. The van der Waals surface area contributed by atoms with E-state index in [9.17, 15) is 18.3 Å². The van der Waals surface area contributed by atoms with Crippen molar-refractivity contribution < 1.29 is 23.1 Å². The van der Waals surface area contributed by atoms with Gasteiger partial charge in [-0.3, -0.25) is 5.10 Å². The number of hydrogen-bond acceptors (Lipinski definition) is 6. The Morgan fingerprint density at radius 1 is 1.52 bits per heavy atom. The van der Waals surface area contributed by atoms with Gasteiger partial charge in [-0.2, -0.15) is 5.10 Å². The van der Waals surface area contributed by atoms with Crippen molar-refractivity contribution in [1.82, 2.24) is 14.9 Å². The van der Waals surface area contributed by atoms with Gasteiger partial charge in [0, 0.05) is 6.04 Å². The van der Waals surface area contributed by atoms with Crippen LogP contribution in [0.15, 0.2) is 11.2 Å². The molecule has 2 atom stereocenters. The Hall–Kier alpha value is -1.45. The lowest BCUT2D eigenvalue weighted by Gasteiger charge is -2.27. The smallest absolute Gasteiger partial charge is 0.342 e. The van der Waals surface area contributed by atoms with E-state index < -0.39 is 28.1 Å². The second kappa shape index (κ2) is 6.54. The fourth-order valence-electron chi connectivity index (χ4n) is 2.34. The number of nitrogens with zero attached hydrogens (tertiary/aromatic N) is 1. The summed E-state index contributed by atoms with van der Waals surface area (Å²) < 4.78 is 31.9. The summed E-state index contributed by atoms with van der Waals surface area (Å²) >= 11 is 0. The van der Waals surface area contributed by atoms with Crippen molar-refractivity contribution in [2.75, 3.05) is 6.61 Å². The first-order chi connectivity index (χ1) is 9.95. The molecule has 9 heteroatoms. The molecule has 1 aliphatic rings. The van der Waals surface area contributed by atoms with Crippen molar-refractivity contribution in [3.63, 3.8) is 0 Å². The van der Waals surface area contributed by atoms with E-state index in [0.29, 0.717) is 12.8 Å². The van der Waals surface area contributed by atoms with E-state index in [4.69, 9.17) is 4.74 Å². The van der Waals surface area contributed by atoms with Crippen LogP contribution in [0.3, 0.4) is 0 Å². The van der Waals surface area contributed by atoms with E-state index in [1.54, 1.807) is 6.92 Å². The van der Waals surface area contributed by atoms with Gasteiger partial charge < -0.3 is 9.84 Å². The summed E-state index contributed by atoms with van der Waals surface area (Å²) in [5, 5.41) is 15.4. The molecule has 3 N–H and O–H groups in total. The first-order valence-electron chi connectivity index (χ1n) is 6.86. The average molecular weight is 317 g/mol. The van der Waals surface area contributed by atoms with E-state index >= 15 is 0 Å². The molecule has 8 nitrogen and oxygen atoms in total. The molecule has 0 radical (unpaired) electrons. The van der Waals surface area contributed by atoms with Crippen LogP contribution in [0.4, 0.5) is 0 Å². The first kappa shape index (κ1) is 15.9. The summed E-state index contributed by atoms with van der Waals surface area (Å²) in [7, 11) is -3.97. The number of nitrogens with one attached hydrogen (secondary N) is 2. The number of ether oxygens (including phenoxy) is 1. The van der Waals surface area contributed by atoms with Crippen molar-refractivity contribution >= 4 is 16.0 Å². The third kappa shape index (κ3) is 3.60. The van der Waals surface area contributed by atoms with Crippen LogP contribution in [0.25, 0.3) is 0 Å². The molecule has 0 unspecified atom stereocenters. The molecule has 1 aromatic rings. The van der Waals surface area contributed by atoms with Crippen LogP contribution in [-0.4, -0.2) is 48.4 Å². The maximum absolute atomic E-state index is 12.3. The van der Waals surface area contributed by atoms with Crippen molar-refractivity contribution in [2.24, 2.45) is 0 Å². The van der Waals surface area contributed by atoms with Crippen molar-refractivity contribution in [3.05, 3.63) is 11.8 Å². The summed E-state index contributed by atoms with van der Waals surface area (Å²) in [5.74, 6) is -0.754. The number of esters is 1. The Labute approximate surface area is 122 Å². The van der Waals surface area contributed by atoms with Crippen molar-refractivity contribution in [3.8, 4) is 0 Å². The zero-order valence-corrected chi connectivity index (χ0v) is 12.5. The summed E-state index contributed by atoms with van der Waals surface area (Å²) in [4.78, 5) is 11.7. The molecule has 2 rings (SSSR count). The number of H-pyrrole nitrogens is 1. The number of aromatic amines is 1. The number of sulfonamides is 1. The minimum absolute atomic E-state index is 0.137. The highest BCUT2D eigenvalue weighted by Gasteiger charge is 2.32. The topological polar surface area (TPSA) is 121 Å². The Morgan fingerprint density at radius 2 is 2.24 bits per heavy atom. The van der Waals surface area contributed by atoms with Gasteiger partial charge in [0.15, 0.2) is 5.03 Å². The highest BCUT2D eigenvalue weighted by Crippen LogP contribution is 2.21. The predicted molar refractivity (Wildman–Crippen MR) is 73.1 cm³/mol. The number of carbonyl (C=O) groups excluding carboxylic acids is 1. The summed E-state index contributed by atoms with van der Waals surface area (Å²) in [5.41, 5.74) is -0.144. The molecule has 1 aromatic heterocycles. The lowest BCUT2D eigenvalue weighted by atomic mass is 9.93. The minimum Gasteiger partial charge on any atom is -0.462 e. The van der Waals surface area contributed by atoms with Crippen LogP contribution in [0.5, 0.6) is 0 Å². The van der Waals surface area contributed by atoms with Crippen LogP contribution in [0.2, 0.25) is 0 Å². The molecule has 0 aliphatic heterocycles. The zero-order valence-electron chi connectivity index (χ0n) is 11.7. The molecule has 21 heavy (non-hydrogen) atoms. The quantitative estimate of drug-likeness (QED) is 0.666. The predicted octanol–water partition coefficient (Wildman–Crippen LogP) is 0.168. The van der Waals surface area contributed by atoms with Gasteiger partial charge in [0.1, 0.15) is 5.56 Å². The van der Waals surface area contributed by atoms with E-state index in [2.05, 4.69) is 14.9 Å². The monoisotopic (exact) mass is 317 g/mol. The average Bonchev–Trinajstić information content (AvgIpc) is 2.92. The minimum atomic E-state index is -3.97. The number of aliphatic hydroxyl groups excluding tert-OH is 1. The van der Waals surface area contributed by atoms with Gasteiger partial charge in [-0.05, 0) is 19.8 Å². The van der Waals surface area contributed by atoms with Crippen LogP contribution in [0.1, 0.15) is 43.0 Å². The second-order valence-corrected chi connectivity index (χ2v) is 6.56. The Bertz CT molecular complexity index is 598. The lowest BCUT2D eigenvalue weighted by molar-refractivity contribution is 0.0521. The van der Waals surface area contributed by atoms with Gasteiger partial charge in [0.05, 0.1) is 18.9 Å². The Balaban J connectivity index is 2.20. The molecule has 0 spiro atoms. The number of rotatable bonds is 5. The van der Waals surface area contributed by atoms with Gasteiger partial charge in [-0.25, -0.2) is 17.9 Å². The number of carbonyl (C=O) groups is 1. The maximum atomic E-state index is 12.3. The molecule has 0 bridgehead atoms. The van der Waals surface area contributed by atoms with Gasteiger partial charge in [-0.1, -0.05) is 12.8 Å². The van der Waals surface area contributed by atoms with Crippen molar-refractivity contribution in [1.29, 1.82) is 0 Å². The van der Waals surface area contributed by atoms with E-state index in [1.165, 1.54) is 0 Å². The molecule has 0 saturated heterocycles. The number of hydrogen-bond donors (Lipinski definition) is 3. The maximum Gasteiger partial charge on any atom is 0.342 e. The number of aliphatic hydroxyl groups is 1. The largest absolute Gasteiger partial charge is 0.462 e. The highest BCUT2D eigenvalue weighted by molar-refractivity contribution is 7.89. The van der Waals surface area contributed by atoms with Crippen LogP contribution < -0.4 is 4.72 Å². The van der Waals surface area contributed by atoms with Gasteiger partial charge in [0.2, 0.25) is 0 Å². The third-order valence-corrected chi connectivity index (χ3v) is 4.87. The third-order valence-electron chi connectivity index (χ3n) is 3.40. The molecule has 1 heterocycles. The molecule has 1 fully saturated rings. The van der Waals surface area contributed by atoms with Crippen molar-refractivity contribution in [2.45, 2.75) is 49.8 Å². The summed E-state index contributed by atoms with van der Waals surface area (Å²) in [6, 6.07) is -0.554. The molecule has 1 saturated carbocycles. The van der Waals surface area contributed by atoms with Crippen LogP contribution in [-0.2, 0) is 14.8 Å². The molecule has 0 amide bonds. The molecule has 0 aromatic carbocycles. The van der Waals surface area contributed by atoms with Crippen LogP contribution in [0, 0.1) is 0 Å². The fraction of sp³-hybridized carbons (Fsp3) is 0.667. The highest BCUT2D eigenvalue weighted by atomic mass is 32.2. The molecular formula is C12H19N3O5S. The molecular weight excluding hydrogens is 298 g/mol. The van der Waals surface area contributed by atoms with E-state index in [0.717, 1.165) is 19.0 Å². The fourth-order valence-corrected chi connectivity index (χ4v) is 3.73. The molecule has 1 aliphatic carbocycles. The van der Waals surface area contributed by atoms with Crippen LogP contribution >= 0.6 is 0 Å². The first-order valence-corrected chi connectivity index (χ1v) is 8.35. The Morgan fingerprint density at radius 3 is 2.90 bits per heavy atom. The van der Waals surface area contributed by atoms with Gasteiger partial charge in [-0.15, -0.1) is 0 Å². The molecule has 118 valence electrons. The van der Waals surface area contributed by atoms with E-state index in [1.807, 2.05) is 0 Å². The second-order valence-electron chi connectivity index (χ2n) is 4.91.